The first-order valence-corrected chi connectivity index (χ1v) is 6.30. The number of benzene rings is 1. The number of hydrogen-bond acceptors (Lipinski definition) is 5. The average Bonchev–Trinajstić information content (AvgIpc) is 2.91. The van der Waals surface area contributed by atoms with Crippen LogP contribution >= 0.6 is 0 Å². The van der Waals surface area contributed by atoms with Gasteiger partial charge in [0.15, 0.2) is 5.82 Å². The zero-order chi connectivity index (χ0) is 13.9. The summed E-state index contributed by atoms with van der Waals surface area (Å²) in [4.78, 5) is 8.37. The Hall–Kier alpha value is -2.69. The number of pyridine rings is 1. The van der Waals surface area contributed by atoms with Gasteiger partial charge in [-0.2, -0.15) is 4.98 Å². The van der Waals surface area contributed by atoms with Crippen LogP contribution in [0.15, 0.2) is 47.2 Å². The van der Waals surface area contributed by atoms with Gasteiger partial charge in [-0.3, -0.25) is 4.98 Å². The SMILES string of the molecule is Cc1ccc(-c2nc(Cc3ccncc3)no2)cc1N. The standard InChI is InChI=1S/C15H14N4O/c1-10-2-3-12(9-13(10)16)15-18-14(19-20-15)8-11-4-6-17-7-5-11/h2-7,9H,8,16H2,1H3. The number of nitrogen functional groups attached to an aromatic ring is 1. The van der Waals surface area contributed by atoms with E-state index in [1.165, 1.54) is 0 Å². The molecule has 0 radical (unpaired) electrons. The number of nitrogens with zero attached hydrogens (tertiary/aromatic N) is 3. The fourth-order valence-corrected chi connectivity index (χ4v) is 1.90. The van der Waals surface area contributed by atoms with E-state index in [4.69, 9.17) is 10.3 Å². The number of rotatable bonds is 3. The molecule has 0 atom stereocenters. The van der Waals surface area contributed by atoms with Gasteiger partial charge in [0.1, 0.15) is 0 Å². The molecule has 0 spiro atoms. The lowest BCUT2D eigenvalue weighted by Crippen LogP contribution is -1.92. The Morgan fingerprint density at radius 1 is 1.15 bits per heavy atom. The third-order valence-corrected chi connectivity index (χ3v) is 3.11. The van der Waals surface area contributed by atoms with Gasteiger partial charge in [-0.05, 0) is 42.3 Å². The molecule has 3 aromatic rings. The van der Waals surface area contributed by atoms with Crippen molar-refractivity contribution in [2.24, 2.45) is 0 Å². The Balaban J connectivity index is 1.84. The summed E-state index contributed by atoms with van der Waals surface area (Å²) in [5.74, 6) is 1.13. The lowest BCUT2D eigenvalue weighted by Gasteiger charge is -2.00. The summed E-state index contributed by atoms with van der Waals surface area (Å²) in [6.45, 7) is 1.96. The van der Waals surface area contributed by atoms with E-state index in [0.717, 1.165) is 22.4 Å². The smallest absolute Gasteiger partial charge is 0.258 e. The molecule has 5 heteroatoms. The lowest BCUT2D eigenvalue weighted by atomic mass is 10.1. The molecule has 2 heterocycles. The molecule has 5 nitrogen and oxygen atoms in total. The molecule has 20 heavy (non-hydrogen) atoms. The molecular formula is C15H14N4O. The highest BCUT2D eigenvalue weighted by Crippen LogP contribution is 2.22. The molecule has 0 saturated carbocycles. The second-order valence-electron chi connectivity index (χ2n) is 4.62. The fraction of sp³-hybridized carbons (Fsp3) is 0.133. The Bertz CT molecular complexity index is 722. The molecule has 2 N–H and O–H groups in total. The van der Waals surface area contributed by atoms with Gasteiger partial charge in [-0.25, -0.2) is 0 Å². The minimum Gasteiger partial charge on any atom is -0.398 e. The van der Waals surface area contributed by atoms with E-state index in [9.17, 15) is 0 Å². The van der Waals surface area contributed by atoms with E-state index in [2.05, 4.69) is 15.1 Å². The summed E-state index contributed by atoms with van der Waals surface area (Å²) >= 11 is 0. The second kappa shape index (κ2) is 5.13. The number of nitrogens with two attached hydrogens (primary N) is 1. The van der Waals surface area contributed by atoms with Crippen LogP contribution in [0.5, 0.6) is 0 Å². The first-order valence-electron chi connectivity index (χ1n) is 6.30. The van der Waals surface area contributed by atoms with Crippen LogP contribution in [0.2, 0.25) is 0 Å². The van der Waals surface area contributed by atoms with Crippen LogP contribution in [0, 0.1) is 6.92 Å². The quantitative estimate of drug-likeness (QED) is 0.737. The maximum Gasteiger partial charge on any atom is 0.258 e. The van der Waals surface area contributed by atoms with Gasteiger partial charge in [0.2, 0.25) is 0 Å². The van der Waals surface area contributed by atoms with Gasteiger partial charge < -0.3 is 10.3 Å². The summed E-state index contributed by atoms with van der Waals surface area (Å²) in [5.41, 5.74) is 9.57. The molecule has 0 saturated heterocycles. The lowest BCUT2D eigenvalue weighted by molar-refractivity contribution is 0.424. The molecule has 0 fully saturated rings. The molecule has 2 aromatic heterocycles. The minimum absolute atomic E-state index is 0.487. The molecular weight excluding hydrogens is 252 g/mol. The van der Waals surface area contributed by atoms with Crippen molar-refractivity contribution in [3.63, 3.8) is 0 Å². The normalized spacial score (nSPS) is 10.7. The van der Waals surface area contributed by atoms with Crippen LogP contribution in [0.25, 0.3) is 11.5 Å². The van der Waals surface area contributed by atoms with Gasteiger partial charge in [0, 0.05) is 30.1 Å². The molecule has 3 rings (SSSR count). The maximum atomic E-state index is 5.89. The monoisotopic (exact) mass is 266 g/mol. The largest absolute Gasteiger partial charge is 0.398 e. The summed E-state index contributed by atoms with van der Waals surface area (Å²) in [5, 5.41) is 3.99. The summed E-state index contributed by atoms with van der Waals surface area (Å²) in [6.07, 6.45) is 4.11. The van der Waals surface area contributed by atoms with Gasteiger partial charge in [-0.15, -0.1) is 0 Å². The van der Waals surface area contributed by atoms with Gasteiger partial charge >= 0.3 is 0 Å². The summed E-state index contributed by atoms with van der Waals surface area (Å²) in [7, 11) is 0. The summed E-state index contributed by atoms with van der Waals surface area (Å²) < 4.78 is 5.29. The number of hydrogen-bond donors (Lipinski definition) is 1. The molecule has 0 aliphatic carbocycles. The van der Waals surface area contributed by atoms with E-state index >= 15 is 0 Å². The van der Waals surface area contributed by atoms with Crippen molar-refractivity contribution >= 4 is 5.69 Å². The summed E-state index contributed by atoms with van der Waals surface area (Å²) in [6, 6.07) is 9.58. The third kappa shape index (κ3) is 2.51. The van der Waals surface area contributed by atoms with Gasteiger partial charge in [0.05, 0.1) is 0 Å². The zero-order valence-corrected chi connectivity index (χ0v) is 11.1. The topological polar surface area (TPSA) is 77.8 Å². The molecule has 0 amide bonds. The fourth-order valence-electron chi connectivity index (χ4n) is 1.90. The highest BCUT2D eigenvalue weighted by molar-refractivity contribution is 5.62. The van der Waals surface area contributed by atoms with Crippen LogP contribution in [-0.2, 0) is 6.42 Å². The first kappa shape index (κ1) is 12.3. The Morgan fingerprint density at radius 2 is 1.95 bits per heavy atom. The number of aromatic nitrogens is 3. The van der Waals surface area contributed by atoms with E-state index in [0.29, 0.717) is 18.1 Å². The van der Waals surface area contributed by atoms with E-state index < -0.39 is 0 Å². The highest BCUT2D eigenvalue weighted by atomic mass is 16.5. The van der Waals surface area contributed by atoms with Crippen LogP contribution in [0.1, 0.15) is 17.0 Å². The average molecular weight is 266 g/mol. The van der Waals surface area contributed by atoms with Crippen LogP contribution in [0.3, 0.4) is 0 Å². The van der Waals surface area contributed by atoms with Crippen molar-refractivity contribution in [2.75, 3.05) is 5.73 Å². The van der Waals surface area contributed by atoms with Crippen molar-refractivity contribution in [1.82, 2.24) is 15.1 Å². The molecule has 1 aromatic carbocycles. The van der Waals surface area contributed by atoms with Gasteiger partial charge in [0.25, 0.3) is 5.89 Å². The first-order chi connectivity index (χ1) is 9.72. The van der Waals surface area contributed by atoms with E-state index in [-0.39, 0.29) is 0 Å². The van der Waals surface area contributed by atoms with Gasteiger partial charge in [-0.1, -0.05) is 11.2 Å². The highest BCUT2D eigenvalue weighted by Gasteiger charge is 2.10. The Labute approximate surface area is 116 Å². The Morgan fingerprint density at radius 3 is 2.70 bits per heavy atom. The van der Waals surface area contributed by atoms with Crippen molar-refractivity contribution in [3.05, 3.63) is 59.7 Å². The molecule has 0 bridgehead atoms. The van der Waals surface area contributed by atoms with E-state index in [1.54, 1.807) is 12.4 Å². The van der Waals surface area contributed by atoms with Crippen LogP contribution in [0.4, 0.5) is 5.69 Å². The molecule has 0 aliphatic rings. The van der Waals surface area contributed by atoms with Crippen molar-refractivity contribution in [3.8, 4) is 11.5 Å². The Kier molecular flexibility index (Phi) is 3.16. The predicted molar refractivity (Wildman–Crippen MR) is 75.9 cm³/mol. The number of anilines is 1. The van der Waals surface area contributed by atoms with Crippen LogP contribution < -0.4 is 5.73 Å². The van der Waals surface area contributed by atoms with Crippen molar-refractivity contribution in [1.29, 1.82) is 0 Å². The van der Waals surface area contributed by atoms with E-state index in [1.807, 2.05) is 37.3 Å². The number of aryl methyl sites for hydroxylation is 1. The zero-order valence-electron chi connectivity index (χ0n) is 11.1. The predicted octanol–water partition coefficient (Wildman–Crippen LogP) is 2.61. The maximum absolute atomic E-state index is 5.89. The molecule has 0 aliphatic heterocycles. The molecule has 100 valence electrons. The van der Waals surface area contributed by atoms with Crippen molar-refractivity contribution in [2.45, 2.75) is 13.3 Å². The van der Waals surface area contributed by atoms with Crippen molar-refractivity contribution < 1.29 is 4.52 Å². The minimum atomic E-state index is 0.487. The third-order valence-electron chi connectivity index (χ3n) is 3.11. The van der Waals surface area contributed by atoms with Crippen LogP contribution in [-0.4, -0.2) is 15.1 Å². The molecule has 0 unspecified atom stereocenters. The second-order valence-corrected chi connectivity index (χ2v) is 4.62.